The zero-order valence-electron chi connectivity index (χ0n) is 15.5. The standard InChI is InChI=1S/C18H21F2N3O4S/c1-12-16(11-27-22-12)21-17(24)23-8-6-13(7-9-23)18(2,20)28(25,26)15-5-3-4-14(19)10-15/h3-5,10-11,13H,6-9H2,1-2H3,(H,21,24). The fourth-order valence-corrected chi connectivity index (χ4v) is 4.95. The van der Waals surface area contributed by atoms with Gasteiger partial charge in [-0.05, 0) is 44.9 Å². The fourth-order valence-electron chi connectivity index (χ4n) is 3.29. The summed E-state index contributed by atoms with van der Waals surface area (Å²) in [6.45, 7) is 3.07. The molecular formula is C18H21F2N3O4S. The summed E-state index contributed by atoms with van der Waals surface area (Å²) < 4.78 is 59.0. The Bertz CT molecular complexity index is 967. The van der Waals surface area contributed by atoms with E-state index in [2.05, 4.69) is 10.5 Å². The number of hydrogen-bond donors (Lipinski definition) is 1. The largest absolute Gasteiger partial charge is 0.362 e. The Hall–Kier alpha value is -2.49. The number of aromatic nitrogens is 1. The normalized spacial score (nSPS) is 17.9. The Morgan fingerprint density at radius 2 is 2.04 bits per heavy atom. The van der Waals surface area contributed by atoms with Gasteiger partial charge in [-0.2, -0.15) is 0 Å². The SMILES string of the molecule is Cc1nocc1NC(=O)N1CCC(C(C)(F)S(=O)(=O)c2cccc(F)c2)CC1. The van der Waals surface area contributed by atoms with Crippen LogP contribution in [0.5, 0.6) is 0 Å². The Morgan fingerprint density at radius 3 is 2.61 bits per heavy atom. The van der Waals surface area contributed by atoms with Gasteiger partial charge in [-0.15, -0.1) is 0 Å². The molecule has 1 saturated heterocycles. The zero-order chi connectivity index (χ0) is 20.5. The van der Waals surface area contributed by atoms with Crippen LogP contribution in [0.1, 0.15) is 25.5 Å². The lowest BCUT2D eigenvalue weighted by Gasteiger charge is -2.37. The van der Waals surface area contributed by atoms with E-state index in [1.807, 2.05) is 0 Å². The predicted molar refractivity (Wildman–Crippen MR) is 97.7 cm³/mol. The molecule has 2 heterocycles. The fraction of sp³-hybridized carbons (Fsp3) is 0.444. The van der Waals surface area contributed by atoms with E-state index in [0.29, 0.717) is 11.4 Å². The average molecular weight is 413 g/mol. The number of anilines is 1. The number of nitrogens with zero attached hydrogens (tertiary/aromatic N) is 2. The first-order chi connectivity index (χ1) is 13.1. The maximum Gasteiger partial charge on any atom is 0.321 e. The minimum absolute atomic E-state index is 0.164. The molecule has 1 aliphatic heterocycles. The predicted octanol–water partition coefficient (Wildman–Crippen LogP) is 3.53. The monoisotopic (exact) mass is 413 g/mol. The van der Waals surface area contributed by atoms with Gasteiger partial charge in [-0.25, -0.2) is 22.0 Å². The maximum atomic E-state index is 15.4. The van der Waals surface area contributed by atoms with Gasteiger partial charge in [0.15, 0.2) is 0 Å². The van der Waals surface area contributed by atoms with Crippen molar-refractivity contribution in [1.29, 1.82) is 0 Å². The number of hydrogen-bond acceptors (Lipinski definition) is 5. The molecule has 1 N–H and O–H groups in total. The van der Waals surface area contributed by atoms with Crippen molar-refractivity contribution in [2.75, 3.05) is 18.4 Å². The topological polar surface area (TPSA) is 92.5 Å². The molecule has 152 valence electrons. The summed E-state index contributed by atoms with van der Waals surface area (Å²) in [6, 6.07) is 3.94. The van der Waals surface area contributed by atoms with E-state index in [-0.39, 0.29) is 30.8 Å². The summed E-state index contributed by atoms with van der Waals surface area (Å²) in [5.41, 5.74) is 0.969. The lowest BCUT2D eigenvalue weighted by Crippen LogP contribution is -2.48. The molecule has 10 heteroatoms. The number of urea groups is 1. The van der Waals surface area contributed by atoms with Crippen molar-refractivity contribution in [2.45, 2.75) is 36.6 Å². The second kappa shape index (κ2) is 7.50. The number of piperidine rings is 1. The summed E-state index contributed by atoms with van der Waals surface area (Å²) in [6.07, 6.45) is 1.64. The highest BCUT2D eigenvalue weighted by Crippen LogP contribution is 2.39. The van der Waals surface area contributed by atoms with Gasteiger partial charge < -0.3 is 14.7 Å². The molecule has 1 aromatic carbocycles. The molecule has 2 aromatic rings. The smallest absolute Gasteiger partial charge is 0.321 e. The number of likely N-dealkylation sites (tertiary alicyclic amines) is 1. The van der Waals surface area contributed by atoms with Gasteiger partial charge in [-0.1, -0.05) is 11.2 Å². The number of aryl methyl sites for hydroxylation is 1. The van der Waals surface area contributed by atoms with Crippen LogP contribution in [0.2, 0.25) is 0 Å². The number of benzene rings is 1. The third-order valence-electron chi connectivity index (χ3n) is 5.13. The van der Waals surface area contributed by atoms with Crippen molar-refractivity contribution in [2.24, 2.45) is 5.92 Å². The van der Waals surface area contributed by atoms with Gasteiger partial charge in [0.25, 0.3) is 0 Å². The van der Waals surface area contributed by atoms with Gasteiger partial charge >= 0.3 is 6.03 Å². The number of rotatable bonds is 4. The van der Waals surface area contributed by atoms with E-state index in [9.17, 15) is 17.6 Å². The van der Waals surface area contributed by atoms with Gasteiger partial charge in [0.1, 0.15) is 23.5 Å². The Kier molecular flexibility index (Phi) is 5.42. The van der Waals surface area contributed by atoms with Crippen molar-refractivity contribution in [3.8, 4) is 0 Å². The van der Waals surface area contributed by atoms with Gasteiger partial charge in [0.2, 0.25) is 14.8 Å². The van der Waals surface area contributed by atoms with E-state index in [1.54, 1.807) is 6.92 Å². The van der Waals surface area contributed by atoms with Crippen LogP contribution in [0.15, 0.2) is 39.9 Å². The first kappa shape index (κ1) is 20.2. The molecule has 0 aliphatic carbocycles. The highest BCUT2D eigenvalue weighted by atomic mass is 32.2. The molecule has 28 heavy (non-hydrogen) atoms. The molecule has 0 bridgehead atoms. The molecule has 1 fully saturated rings. The number of carbonyl (C=O) groups excluding carboxylic acids is 1. The number of sulfone groups is 1. The van der Waals surface area contributed by atoms with E-state index in [4.69, 9.17) is 4.52 Å². The highest BCUT2D eigenvalue weighted by molar-refractivity contribution is 7.92. The van der Waals surface area contributed by atoms with Crippen LogP contribution in [0.4, 0.5) is 19.3 Å². The molecule has 0 spiro atoms. The van der Waals surface area contributed by atoms with E-state index in [1.165, 1.54) is 23.3 Å². The quantitative estimate of drug-likeness (QED) is 0.828. The molecular weight excluding hydrogens is 392 g/mol. The zero-order valence-corrected chi connectivity index (χ0v) is 16.3. The number of amides is 2. The van der Waals surface area contributed by atoms with Gasteiger partial charge in [0, 0.05) is 19.0 Å². The molecule has 1 aliphatic rings. The second-order valence-corrected chi connectivity index (χ2v) is 9.23. The summed E-state index contributed by atoms with van der Waals surface area (Å²) >= 11 is 0. The van der Waals surface area contributed by atoms with Crippen LogP contribution >= 0.6 is 0 Å². The van der Waals surface area contributed by atoms with Crippen LogP contribution in [-0.4, -0.2) is 42.6 Å². The summed E-state index contributed by atoms with van der Waals surface area (Å²) in [7, 11) is -4.39. The van der Waals surface area contributed by atoms with E-state index in [0.717, 1.165) is 19.1 Å². The molecule has 7 nitrogen and oxygen atoms in total. The van der Waals surface area contributed by atoms with Crippen LogP contribution in [0.3, 0.4) is 0 Å². The molecule has 0 radical (unpaired) electrons. The van der Waals surface area contributed by atoms with E-state index < -0.39 is 32.6 Å². The van der Waals surface area contributed by atoms with Crippen molar-refractivity contribution in [1.82, 2.24) is 10.1 Å². The molecule has 0 saturated carbocycles. The summed E-state index contributed by atoms with van der Waals surface area (Å²) in [4.78, 5) is 13.4. The third-order valence-corrected chi connectivity index (χ3v) is 7.39. The number of carbonyl (C=O) groups is 1. The van der Waals surface area contributed by atoms with Crippen molar-refractivity contribution < 1.29 is 26.5 Å². The molecule has 1 aromatic heterocycles. The number of alkyl halides is 1. The Morgan fingerprint density at radius 1 is 1.36 bits per heavy atom. The maximum absolute atomic E-state index is 15.4. The van der Waals surface area contributed by atoms with Gasteiger partial charge in [-0.3, -0.25) is 0 Å². The summed E-state index contributed by atoms with van der Waals surface area (Å²) in [5, 5.41) is 3.75. The van der Waals surface area contributed by atoms with Crippen molar-refractivity contribution in [3.05, 3.63) is 42.0 Å². The second-order valence-electron chi connectivity index (χ2n) is 6.95. The molecule has 2 amide bonds. The van der Waals surface area contributed by atoms with Crippen molar-refractivity contribution in [3.63, 3.8) is 0 Å². The van der Waals surface area contributed by atoms with Gasteiger partial charge in [0.05, 0.1) is 4.90 Å². The van der Waals surface area contributed by atoms with Crippen LogP contribution < -0.4 is 5.32 Å². The first-order valence-electron chi connectivity index (χ1n) is 8.79. The van der Waals surface area contributed by atoms with Crippen LogP contribution in [0, 0.1) is 18.7 Å². The van der Waals surface area contributed by atoms with Crippen LogP contribution in [0.25, 0.3) is 0 Å². The van der Waals surface area contributed by atoms with E-state index >= 15 is 4.39 Å². The average Bonchev–Trinajstić information content (AvgIpc) is 3.06. The molecule has 1 unspecified atom stereocenters. The number of nitrogens with one attached hydrogen (secondary N) is 1. The summed E-state index contributed by atoms with van der Waals surface area (Å²) in [5.74, 6) is -1.56. The minimum Gasteiger partial charge on any atom is -0.362 e. The first-order valence-corrected chi connectivity index (χ1v) is 10.3. The molecule has 1 atom stereocenters. The lowest BCUT2D eigenvalue weighted by atomic mass is 9.92. The molecule has 3 rings (SSSR count). The van der Waals surface area contributed by atoms with Crippen LogP contribution in [-0.2, 0) is 9.84 Å². The lowest BCUT2D eigenvalue weighted by molar-refractivity contribution is 0.117. The number of halogens is 2. The van der Waals surface area contributed by atoms with Crippen molar-refractivity contribution >= 4 is 21.6 Å². The Labute approximate surface area is 161 Å². The minimum atomic E-state index is -4.39. The highest BCUT2D eigenvalue weighted by Gasteiger charge is 2.48. The Balaban J connectivity index is 1.68. The third kappa shape index (κ3) is 3.73.